The Balaban J connectivity index is 1.59. The molecular formula is C17H28N2O2S. The fraction of sp³-hybridized carbons (Fsp3) is 0.765. The zero-order chi connectivity index (χ0) is 15.2. The number of thiophene rings is 1. The first-order chi connectivity index (χ1) is 10.8. The van der Waals surface area contributed by atoms with E-state index in [4.69, 9.17) is 9.47 Å². The Labute approximate surface area is 138 Å². The highest BCUT2D eigenvalue weighted by Crippen LogP contribution is 2.27. The van der Waals surface area contributed by atoms with Gasteiger partial charge in [0.2, 0.25) is 0 Å². The van der Waals surface area contributed by atoms with Crippen molar-refractivity contribution in [3.63, 3.8) is 0 Å². The molecule has 3 rings (SSSR count). The number of hydrogen-bond acceptors (Lipinski definition) is 5. The largest absolute Gasteiger partial charge is 0.379 e. The van der Waals surface area contributed by atoms with E-state index in [1.165, 1.54) is 24.1 Å². The summed E-state index contributed by atoms with van der Waals surface area (Å²) in [5.74, 6) is 0. The standard InChI is InChI=1S/C17H28N2O2S/c1-18(13-15-5-2-3-9-21-15)14-16(17-6-4-12-22-17)19-7-10-20-11-8-19/h4,6,12,15-16H,2-3,5,7-11,13-14H2,1H3. The van der Waals surface area contributed by atoms with Gasteiger partial charge in [-0.25, -0.2) is 0 Å². The van der Waals surface area contributed by atoms with Gasteiger partial charge >= 0.3 is 0 Å². The third kappa shape index (κ3) is 4.52. The smallest absolute Gasteiger partial charge is 0.0701 e. The first-order valence-corrected chi connectivity index (χ1v) is 9.36. The van der Waals surface area contributed by atoms with Gasteiger partial charge in [0, 0.05) is 37.7 Å². The first-order valence-electron chi connectivity index (χ1n) is 8.48. The van der Waals surface area contributed by atoms with E-state index < -0.39 is 0 Å². The van der Waals surface area contributed by atoms with Crippen molar-refractivity contribution in [1.29, 1.82) is 0 Å². The summed E-state index contributed by atoms with van der Waals surface area (Å²) in [6.07, 6.45) is 4.18. The molecule has 3 heterocycles. The molecule has 5 heteroatoms. The Hall–Kier alpha value is -0.460. The zero-order valence-corrected chi connectivity index (χ0v) is 14.4. The van der Waals surface area contributed by atoms with Crippen molar-refractivity contribution in [3.05, 3.63) is 22.4 Å². The molecule has 124 valence electrons. The van der Waals surface area contributed by atoms with Gasteiger partial charge in [0.1, 0.15) is 0 Å². The van der Waals surface area contributed by atoms with Crippen LogP contribution >= 0.6 is 11.3 Å². The molecule has 1 aromatic rings. The topological polar surface area (TPSA) is 24.9 Å². The maximum atomic E-state index is 5.89. The SMILES string of the molecule is CN(CC1CCCCO1)CC(c1cccs1)N1CCOCC1. The molecule has 2 fully saturated rings. The number of likely N-dealkylation sites (N-methyl/N-ethyl adjacent to an activating group) is 1. The van der Waals surface area contributed by atoms with Crippen LogP contribution in [0.4, 0.5) is 0 Å². The van der Waals surface area contributed by atoms with E-state index in [1.54, 1.807) is 0 Å². The van der Waals surface area contributed by atoms with Gasteiger partial charge in [-0.2, -0.15) is 0 Å². The van der Waals surface area contributed by atoms with Crippen molar-refractivity contribution >= 4 is 11.3 Å². The fourth-order valence-corrected chi connectivity index (χ4v) is 4.28. The molecule has 0 aromatic carbocycles. The molecule has 2 unspecified atom stereocenters. The van der Waals surface area contributed by atoms with Crippen LogP contribution < -0.4 is 0 Å². The van der Waals surface area contributed by atoms with Gasteiger partial charge in [-0.05, 0) is 37.8 Å². The van der Waals surface area contributed by atoms with E-state index in [-0.39, 0.29) is 0 Å². The summed E-state index contributed by atoms with van der Waals surface area (Å²) in [7, 11) is 2.24. The molecule has 0 radical (unpaired) electrons. The highest BCUT2D eigenvalue weighted by Gasteiger charge is 2.26. The first kappa shape index (κ1) is 16.4. The van der Waals surface area contributed by atoms with Gasteiger partial charge in [0.05, 0.1) is 25.4 Å². The van der Waals surface area contributed by atoms with Gasteiger partial charge in [0.25, 0.3) is 0 Å². The Bertz CT molecular complexity index is 414. The summed E-state index contributed by atoms with van der Waals surface area (Å²) in [6.45, 7) is 6.85. The Morgan fingerprint density at radius 1 is 1.32 bits per heavy atom. The second kappa shape index (κ2) is 8.41. The molecule has 0 saturated carbocycles. The zero-order valence-electron chi connectivity index (χ0n) is 13.6. The quantitative estimate of drug-likeness (QED) is 0.803. The molecule has 4 nitrogen and oxygen atoms in total. The molecular weight excluding hydrogens is 296 g/mol. The van der Waals surface area contributed by atoms with Crippen LogP contribution in [0.2, 0.25) is 0 Å². The molecule has 0 spiro atoms. The lowest BCUT2D eigenvalue weighted by atomic mass is 10.1. The van der Waals surface area contributed by atoms with Gasteiger partial charge in [0.15, 0.2) is 0 Å². The molecule has 2 aliphatic rings. The summed E-state index contributed by atoms with van der Waals surface area (Å²) >= 11 is 1.87. The van der Waals surface area contributed by atoms with Crippen LogP contribution in [-0.2, 0) is 9.47 Å². The summed E-state index contributed by atoms with van der Waals surface area (Å²) in [5, 5.41) is 2.19. The minimum absolute atomic E-state index is 0.424. The lowest BCUT2D eigenvalue weighted by Gasteiger charge is -2.37. The highest BCUT2D eigenvalue weighted by molar-refractivity contribution is 7.10. The number of nitrogens with zero attached hydrogens (tertiary/aromatic N) is 2. The van der Waals surface area contributed by atoms with Crippen molar-refractivity contribution in [2.24, 2.45) is 0 Å². The fourth-order valence-electron chi connectivity index (χ4n) is 3.42. The van der Waals surface area contributed by atoms with Crippen molar-refractivity contribution in [2.45, 2.75) is 31.4 Å². The van der Waals surface area contributed by atoms with Crippen LogP contribution in [0.3, 0.4) is 0 Å². The van der Waals surface area contributed by atoms with Crippen molar-refractivity contribution < 1.29 is 9.47 Å². The third-order valence-corrected chi connectivity index (χ3v) is 5.61. The minimum atomic E-state index is 0.424. The Morgan fingerprint density at radius 2 is 2.18 bits per heavy atom. The van der Waals surface area contributed by atoms with E-state index in [2.05, 4.69) is 34.4 Å². The van der Waals surface area contributed by atoms with Crippen LogP contribution in [0.25, 0.3) is 0 Å². The monoisotopic (exact) mass is 324 g/mol. The molecule has 0 bridgehead atoms. The van der Waals surface area contributed by atoms with Crippen LogP contribution in [0.5, 0.6) is 0 Å². The number of morpholine rings is 1. The van der Waals surface area contributed by atoms with E-state index >= 15 is 0 Å². The predicted octanol–water partition coefficient (Wildman–Crippen LogP) is 2.62. The predicted molar refractivity (Wildman–Crippen MR) is 90.5 cm³/mol. The van der Waals surface area contributed by atoms with Gasteiger partial charge in [-0.15, -0.1) is 11.3 Å². The van der Waals surface area contributed by atoms with Crippen LogP contribution in [0.15, 0.2) is 17.5 Å². The Morgan fingerprint density at radius 3 is 2.86 bits per heavy atom. The summed E-state index contributed by atoms with van der Waals surface area (Å²) in [5.41, 5.74) is 0. The molecule has 0 aliphatic carbocycles. The van der Waals surface area contributed by atoms with E-state index in [0.717, 1.165) is 46.0 Å². The number of rotatable bonds is 6. The van der Waals surface area contributed by atoms with E-state index in [0.29, 0.717) is 12.1 Å². The van der Waals surface area contributed by atoms with Crippen LogP contribution in [-0.4, -0.2) is 69.0 Å². The maximum Gasteiger partial charge on any atom is 0.0701 e. The average Bonchev–Trinajstić information content (AvgIpc) is 3.08. The third-order valence-electron chi connectivity index (χ3n) is 4.63. The van der Waals surface area contributed by atoms with Crippen molar-refractivity contribution in [2.75, 3.05) is 53.0 Å². The maximum absolute atomic E-state index is 5.89. The van der Waals surface area contributed by atoms with Gasteiger partial charge < -0.3 is 14.4 Å². The minimum Gasteiger partial charge on any atom is -0.379 e. The molecule has 1 aromatic heterocycles. The Kier molecular flexibility index (Phi) is 6.27. The van der Waals surface area contributed by atoms with E-state index in [9.17, 15) is 0 Å². The normalized spacial score (nSPS) is 25.5. The number of hydrogen-bond donors (Lipinski definition) is 0. The second-order valence-corrected chi connectivity index (χ2v) is 7.37. The molecule has 0 N–H and O–H groups in total. The molecule has 2 saturated heterocycles. The highest BCUT2D eigenvalue weighted by atomic mass is 32.1. The summed E-state index contributed by atoms with van der Waals surface area (Å²) in [6, 6.07) is 4.92. The number of ether oxygens (including phenoxy) is 2. The summed E-state index contributed by atoms with van der Waals surface area (Å²) < 4.78 is 11.4. The average molecular weight is 324 g/mol. The lowest BCUT2D eigenvalue weighted by molar-refractivity contribution is -0.0150. The molecule has 22 heavy (non-hydrogen) atoms. The van der Waals surface area contributed by atoms with Crippen molar-refractivity contribution in [1.82, 2.24) is 9.80 Å². The summed E-state index contributed by atoms with van der Waals surface area (Å²) in [4.78, 5) is 6.50. The van der Waals surface area contributed by atoms with Crippen molar-refractivity contribution in [3.8, 4) is 0 Å². The molecule has 2 atom stereocenters. The lowest BCUT2D eigenvalue weighted by Crippen LogP contribution is -2.44. The second-order valence-electron chi connectivity index (χ2n) is 6.39. The van der Waals surface area contributed by atoms with Gasteiger partial charge in [-0.3, -0.25) is 4.90 Å². The van der Waals surface area contributed by atoms with Crippen LogP contribution in [0.1, 0.15) is 30.2 Å². The molecule has 2 aliphatic heterocycles. The van der Waals surface area contributed by atoms with Crippen LogP contribution in [0, 0.1) is 0 Å². The molecule has 0 amide bonds. The van der Waals surface area contributed by atoms with E-state index in [1.807, 2.05) is 11.3 Å². The van der Waals surface area contributed by atoms with Gasteiger partial charge in [-0.1, -0.05) is 6.07 Å².